The zero-order chi connectivity index (χ0) is 20.7. The third kappa shape index (κ3) is 5.27. The van der Waals surface area contributed by atoms with Gasteiger partial charge in [-0.3, -0.25) is 14.9 Å². The lowest BCUT2D eigenvalue weighted by Gasteiger charge is -2.09. The summed E-state index contributed by atoms with van der Waals surface area (Å²) < 4.78 is 9.98. The van der Waals surface area contributed by atoms with Gasteiger partial charge in [0.2, 0.25) is 0 Å². The smallest absolute Gasteiger partial charge is 0.338 e. The number of nitro benzene ring substituents is 1. The van der Waals surface area contributed by atoms with E-state index in [0.717, 1.165) is 18.2 Å². The summed E-state index contributed by atoms with van der Waals surface area (Å²) in [7, 11) is 0. The maximum absolute atomic E-state index is 12.0. The molecular weight excluding hydrogens is 372 g/mol. The highest BCUT2D eigenvalue weighted by Crippen LogP contribution is 2.28. The summed E-state index contributed by atoms with van der Waals surface area (Å²) in [6.07, 6.45) is 0. The molecule has 2 rings (SSSR count). The molecule has 0 atom stereocenters. The minimum atomic E-state index is -1.29. The molecular formula is C18H16N2O8. The van der Waals surface area contributed by atoms with Gasteiger partial charge in [-0.25, -0.2) is 9.59 Å². The van der Waals surface area contributed by atoms with Crippen molar-refractivity contribution in [2.24, 2.45) is 0 Å². The summed E-state index contributed by atoms with van der Waals surface area (Å²) in [6.45, 7) is 1.34. The lowest BCUT2D eigenvalue weighted by Crippen LogP contribution is -2.20. The molecule has 2 aromatic rings. The minimum Gasteiger partial charge on any atom is -0.478 e. The summed E-state index contributed by atoms with van der Waals surface area (Å²) in [5.41, 5.74) is 0.0137. The molecule has 0 aromatic heterocycles. The van der Waals surface area contributed by atoms with Gasteiger partial charge in [0.15, 0.2) is 12.4 Å². The van der Waals surface area contributed by atoms with Crippen molar-refractivity contribution in [2.45, 2.75) is 6.92 Å². The zero-order valence-electron chi connectivity index (χ0n) is 14.7. The summed E-state index contributed by atoms with van der Waals surface area (Å²) in [5, 5.41) is 22.5. The molecule has 0 fully saturated rings. The maximum Gasteiger partial charge on any atom is 0.338 e. The zero-order valence-corrected chi connectivity index (χ0v) is 14.7. The van der Waals surface area contributed by atoms with Crippen LogP contribution in [0.3, 0.4) is 0 Å². The summed E-state index contributed by atoms with van der Waals surface area (Å²) in [5.74, 6) is -2.74. The van der Waals surface area contributed by atoms with Gasteiger partial charge >= 0.3 is 17.6 Å². The van der Waals surface area contributed by atoms with Crippen LogP contribution in [0.5, 0.6) is 5.75 Å². The number of nitrogens with one attached hydrogen (secondary N) is 1. The summed E-state index contributed by atoms with van der Waals surface area (Å²) in [6, 6.07) is 8.94. The van der Waals surface area contributed by atoms with Crippen molar-refractivity contribution >= 4 is 29.2 Å². The van der Waals surface area contributed by atoms with Crippen molar-refractivity contribution in [3.63, 3.8) is 0 Å². The highest BCUT2D eigenvalue weighted by molar-refractivity contribution is 5.94. The van der Waals surface area contributed by atoms with E-state index < -0.39 is 35.1 Å². The van der Waals surface area contributed by atoms with Crippen LogP contribution in [0.4, 0.5) is 11.4 Å². The predicted octanol–water partition coefficient (Wildman–Crippen LogP) is 2.49. The Morgan fingerprint density at radius 1 is 1.11 bits per heavy atom. The second kappa shape index (κ2) is 9.12. The van der Waals surface area contributed by atoms with Crippen molar-refractivity contribution in [3.05, 3.63) is 63.7 Å². The number of nitrogens with zero attached hydrogens (tertiary/aromatic N) is 1. The molecule has 146 valence electrons. The van der Waals surface area contributed by atoms with Crippen molar-refractivity contribution in [2.75, 3.05) is 18.5 Å². The van der Waals surface area contributed by atoms with Crippen LogP contribution in [0.2, 0.25) is 0 Å². The topological polar surface area (TPSA) is 145 Å². The van der Waals surface area contributed by atoms with Gasteiger partial charge in [-0.15, -0.1) is 0 Å². The molecule has 0 heterocycles. The molecule has 10 heteroatoms. The molecule has 0 saturated heterocycles. The fourth-order valence-corrected chi connectivity index (χ4v) is 2.16. The number of hydrogen-bond acceptors (Lipinski definition) is 7. The number of carboxylic acid groups (broad SMARTS) is 1. The quantitative estimate of drug-likeness (QED) is 0.398. The number of aromatic carboxylic acids is 1. The van der Waals surface area contributed by atoms with Gasteiger partial charge in [0.1, 0.15) is 0 Å². The van der Waals surface area contributed by atoms with E-state index in [1.165, 1.54) is 24.3 Å². The van der Waals surface area contributed by atoms with Crippen LogP contribution < -0.4 is 10.1 Å². The molecule has 1 amide bonds. The number of esters is 1. The molecule has 28 heavy (non-hydrogen) atoms. The third-order valence-electron chi connectivity index (χ3n) is 3.44. The van der Waals surface area contributed by atoms with E-state index in [1.807, 2.05) is 0 Å². The standard InChI is InChI=1S/C18H16N2O8/c1-2-27-18(24)11-3-6-13(7-4-11)19-16(21)10-28-15-9-12(17(22)23)5-8-14(15)20(25)26/h3-9H,2,10H2,1H3,(H,19,21)(H,22,23). The molecule has 0 aliphatic rings. The SMILES string of the molecule is CCOC(=O)c1ccc(NC(=O)COc2cc(C(=O)O)ccc2[N+](=O)[O-])cc1. The highest BCUT2D eigenvalue weighted by Gasteiger charge is 2.19. The Kier molecular flexibility index (Phi) is 6.63. The fourth-order valence-electron chi connectivity index (χ4n) is 2.16. The average molecular weight is 388 g/mol. The Morgan fingerprint density at radius 3 is 2.32 bits per heavy atom. The van der Waals surface area contributed by atoms with Gasteiger partial charge in [-0.1, -0.05) is 0 Å². The molecule has 0 aliphatic heterocycles. The first-order valence-corrected chi connectivity index (χ1v) is 8.03. The van der Waals surface area contributed by atoms with Crippen molar-refractivity contribution < 1.29 is 33.9 Å². The molecule has 10 nitrogen and oxygen atoms in total. The van der Waals surface area contributed by atoms with E-state index >= 15 is 0 Å². The van der Waals surface area contributed by atoms with Crippen LogP contribution in [-0.4, -0.2) is 41.1 Å². The van der Waals surface area contributed by atoms with Crippen LogP contribution >= 0.6 is 0 Å². The maximum atomic E-state index is 12.0. The first-order chi connectivity index (χ1) is 13.3. The van der Waals surface area contributed by atoms with E-state index in [0.29, 0.717) is 11.3 Å². The van der Waals surface area contributed by atoms with Crippen molar-refractivity contribution in [1.82, 2.24) is 0 Å². The number of amides is 1. The van der Waals surface area contributed by atoms with Gasteiger partial charge in [0.05, 0.1) is 22.7 Å². The predicted molar refractivity (Wildman–Crippen MR) is 96.6 cm³/mol. The first kappa shape index (κ1) is 20.4. The monoisotopic (exact) mass is 388 g/mol. The number of carbonyl (C=O) groups excluding carboxylic acids is 2. The highest BCUT2D eigenvalue weighted by atomic mass is 16.6. The van der Waals surface area contributed by atoms with Gasteiger partial charge < -0.3 is 19.9 Å². The van der Waals surface area contributed by atoms with Gasteiger partial charge in [0, 0.05) is 17.8 Å². The molecule has 0 radical (unpaired) electrons. The number of benzene rings is 2. The fraction of sp³-hybridized carbons (Fsp3) is 0.167. The second-order valence-electron chi connectivity index (χ2n) is 5.38. The largest absolute Gasteiger partial charge is 0.478 e. The molecule has 0 bridgehead atoms. The Balaban J connectivity index is 2.02. The average Bonchev–Trinajstić information content (AvgIpc) is 2.66. The van der Waals surface area contributed by atoms with Crippen LogP contribution in [0.1, 0.15) is 27.6 Å². The van der Waals surface area contributed by atoms with Crippen LogP contribution in [-0.2, 0) is 9.53 Å². The normalized spacial score (nSPS) is 10.0. The van der Waals surface area contributed by atoms with E-state index in [1.54, 1.807) is 6.92 Å². The van der Waals surface area contributed by atoms with E-state index in [-0.39, 0.29) is 17.9 Å². The molecule has 0 saturated carbocycles. The first-order valence-electron chi connectivity index (χ1n) is 8.03. The van der Waals surface area contributed by atoms with Crippen molar-refractivity contribution in [1.29, 1.82) is 0 Å². The molecule has 0 spiro atoms. The van der Waals surface area contributed by atoms with Crippen LogP contribution in [0, 0.1) is 10.1 Å². The van der Waals surface area contributed by atoms with Gasteiger partial charge in [-0.05, 0) is 37.3 Å². The number of nitro groups is 1. The van der Waals surface area contributed by atoms with Crippen LogP contribution in [0.25, 0.3) is 0 Å². The number of hydrogen-bond donors (Lipinski definition) is 2. The van der Waals surface area contributed by atoms with E-state index in [2.05, 4.69) is 5.32 Å². The van der Waals surface area contributed by atoms with Crippen molar-refractivity contribution in [3.8, 4) is 5.75 Å². The third-order valence-corrected chi connectivity index (χ3v) is 3.44. The van der Waals surface area contributed by atoms with Gasteiger partial charge in [-0.2, -0.15) is 0 Å². The second-order valence-corrected chi connectivity index (χ2v) is 5.38. The number of anilines is 1. The molecule has 2 N–H and O–H groups in total. The summed E-state index contributed by atoms with van der Waals surface area (Å²) >= 11 is 0. The number of rotatable bonds is 8. The lowest BCUT2D eigenvalue weighted by atomic mass is 10.2. The number of ether oxygens (including phenoxy) is 2. The lowest BCUT2D eigenvalue weighted by molar-refractivity contribution is -0.385. The van der Waals surface area contributed by atoms with E-state index in [9.17, 15) is 24.5 Å². The molecule has 2 aromatic carbocycles. The molecule has 0 aliphatic carbocycles. The Labute approximate surface area is 158 Å². The Bertz CT molecular complexity index is 908. The number of carbonyl (C=O) groups is 3. The summed E-state index contributed by atoms with van der Waals surface area (Å²) in [4.78, 5) is 44.8. The molecule has 0 unspecified atom stereocenters. The van der Waals surface area contributed by atoms with Crippen LogP contribution in [0.15, 0.2) is 42.5 Å². The van der Waals surface area contributed by atoms with E-state index in [4.69, 9.17) is 14.6 Å². The minimum absolute atomic E-state index is 0.212. The number of carboxylic acids is 1. The van der Waals surface area contributed by atoms with Gasteiger partial charge in [0.25, 0.3) is 5.91 Å². The Morgan fingerprint density at radius 2 is 1.75 bits per heavy atom. The Hall–Kier alpha value is -3.95.